The van der Waals surface area contributed by atoms with Gasteiger partial charge in [-0.1, -0.05) is 30.3 Å². The molecule has 0 saturated carbocycles. The highest BCUT2D eigenvalue weighted by atomic mass is 16.4. The topological polar surface area (TPSA) is 251 Å². The van der Waals surface area contributed by atoms with Crippen molar-refractivity contribution in [3.8, 4) is 0 Å². The number of aliphatic hydroxyl groups excluding tert-OH is 1. The summed E-state index contributed by atoms with van der Waals surface area (Å²) in [4.78, 5) is 71.4. The average molecular weight is 510 g/mol. The van der Waals surface area contributed by atoms with Crippen LogP contribution in [0.2, 0.25) is 0 Å². The van der Waals surface area contributed by atoms with Crippen LogP contribution >= 0.6 is 0 Å². The number of carbonyl (C=O) groups excluding carboxylic acids is 4. The zero-order valence-electron chi connectivity index (χ0n) is 19.5. The fourth-order valence-corrected chi connectivity index (χ4v) is 3.10. The van der Waals surface area contributed by atoms with Gasteiger partial charge in [0, 0.05) is 6.42 Å². The first-order valence-corrected chi connectivity index (χ1v) is 10.9. The van der Waals surface area contributed by atoms with Crippen LogP contribution in [-0.4, -0.2) is 81.2 Å². The summed E-state index contributed by atoms with van der Waals surface area (Å²) in [6.45, 7) is 1.13. The lowest BCUT2D eigenvalue weighted by molar-refractivity contribution is -0.144. The van der Waals surface area contributed by atoms with Gasteiger partial charge in [0.15, 0.2) is 0 Å². The van der Waals surface area contributed by atoms with E-state index < -0.39 is 85.1 Å². The van der Waals surface area contributed by atoms with E-state index in [1.54, 1.807) is 30.3 Å². The molecule has 10 N–H and O–H groups in total. The number of nitrogens with two attached hydrogens (primary N) is 2. The highest BCUT2D eigenvalue weighted by Crippen LogP contribution is 2.05. The van der Waals surface area contributed by atoms with Gasteiger partial charge in [-0.05, 0) is 25.3 Å². The van der Waals surface area contributed by atoms with Gasteiger partial charge in [-0.25, -0.2) is 4.79 Å². The number of benzene rings is 1. The number of amides is 4. The molecule has 0 aromatic heterocycles. The van der Waals surface area contributed by atoms with Crippen LogP contribution in [0.3, 0.4) is 0 Å². The van der Waals surface area contributed by atoms with E-state index in [9.17, 15) is 39.0 Å². The fourth-order valence-electron chi connectivity index (χ4n) is 3.10. The smallest absolute Gasteiger partial charge is 0.326 e. The number of rotatable bonds is 15. The third-order valence-electron chi connectivity index (χ3n) is 5.00. The minimum Gasteiger partial charge on any atom is -0.481 e. The molecule has 5 unspecified atom stereocenters. The number of aliphatic hydroxyl groups is 1. The molecule has 1 aromatic rings. The number of carboxylic acids is 2. The molecule has 0 fully saturated rings. The number of aliphatic carboxylic acids is 2. The normalized spacial score (nSPS) is 14.9. The molecule has 0 heterocycles. The van der Waals surface area contributed by atoms with Gasteiger partial charge in [-0.3, -0.25) is 24.0 Å². The maximum atomic E-state index is 12.8. The summed E-state index contributed by atoms with van der Waals surface area (Å²) in [6, 6.07) is 2.83. The summed E-state index contributed by atoms with van der Waals surface area (Å²) < 4.78 is 0. The minimum absolute atomic E-state index is 0.128. The molecule has 0 aliphatic carbocycles. The first-order chi connectivity index (χ1) is 16.8. The molecule has 0 saturated heterocycles. The van der Waals surface area contributed by atoms with Crippen LogP contribution in [0.15, 0.2) is 30.3 Å². The molecule has 1 rings (SSSR count). The third-order valence-corrected chi connectivity index (χ3v) is 5.00. The van der Waals surface area contributed by atoms with Crippen molar-refractivity contribution in [3.63, 3.8) is 0 Å². The Morgan fingerprint density at radius 2 is 1.47 bits per heavy atom. The predicted molar refractivity (Wildman–Crippen MR) is 124 cm³/mol. The van der Waals surface area contributed by atoms with E-state index in [2.05, 4.69) is 10.6 Å². The van der Waals surface area contributed by atoms with E-state index in [-0.39, 0.29) is 6.42 Å². The number of hydrogen-bond acceptors (Lipinski definition) is 8. The van der Waals surface area contributed by atoms with Crippen molar-refractivity contribution in [2.24, 2.45) is 11.5 Å². The van der Waals surface area contributed by atoms with Gasteiger partial charge < -0.3 is 42.7 Å². The van der Waals surface area contributed by atoms with Crippen molar-refractivity contribution in [1.29, 1.82) is 0 Å². The summed E-state index contributed by atoms with van der Waals surface area (Å²) >= 11 is 0. The maximum Gasteiger partial charge on any atom is 0.326 e. The summed E-state index contributed by atoms with van der Waals surface area (Å²) in [5.74, 6) is -6.73. The lowest BCUT2D eigenvalue weighted by atomic mass is 10.0. The molecular formula is C22H31N5O9. The molecule has 0 spiro atoms. The summed E-state index contributed by atoms with van der Waals surface area (Å²) in [7, 11) is 0. The van der Waals surface area contributed by atoms with Crippen molar-refractivity contribution in [2.75, 3.05) is 0 Å². The molecule has 198 valence electrons. The molecule has 4 amide bonds. The van der Waals surface area contributed by atoms with Crippen LogP contribution < -0.4 is 27.4 Å². The van der Waals surface area contributed by atoms with Crippen LogP contribution in [0.1, 0.15) is 31.7 Å². The van der Waals surface area contributed by atoms with E-state index in [1.165, 1.54) is 0 Å². The number of carboxylic acid groups (broad SMARTS) is 2. The lowest BCUT2D eigenvalue weighted by Crippen LogP contribution is -2.60. The van der Waals surface area contributed by atoms with E-state index >= 15 is 0 Å². The van der Waals surface area contributed by atoms with Crippen molar-refractivity contribution in [3.05, 3.63) is 35.9 Å². The van der Waals surface area contributed by atoms with Gasteiger partial charge in [0.25, 0.3) is 0 Å². The number of primary amides is 1. The molecule has 5 atom stereocenters. The molecule has 36 heavy (non-hydrogen) atoms. The van der Waals surface area contributed by atoms with Gasteiger partial charge in [0.2, 0.25) is 23.6 Å². The summed E-state index contributed by atoms with van der Waals surface area (Å²) in [6.07, 6.45) is -3.06. The first-order valence-electron chi connectivity index (χ1n) is 10.9. The van der Waals surface area contributed by atoms with Crippen molar-refractivity contribution >= 4 is 35.6 Å². The Morgan fingerprint density at radius 1 is 0.889 bits per heavy atom. The zero-order chi connectivity index (χ0) is 27.4. The van der Waals surface area contributed by atoms with Crippen molar-refractivity contribution in [1.82, 2.24) is 16.0 Å². The van der Waals surface area contributed by atoms with E-state index in [0.717, 1.165) is 12.5 Å². The van der Waals surface area contributed by atoms with Gasteiger partial charge in [-0.15, -0.1) is 0 Å². The van der Waals surface area contributed by atoms with Gasteiger partial charge >= 0.3 is 11.9 Å². The number of carbonyl (C=O) groups is 6. The molecular weight excluding hydrogens is 478 g/mol. The van der Waals surface area contributed by atoms with Crippen LogP contribution in [0.4, 0.5) is 0 Å². The Labute approximate surface area is 206 Å². The van der Waals surface area contributed by atoms with Crippen molar-refractivity contribution in [2.45, 2.75) is 62.9 Å². The Morgan fingerprint density at radius 3 is 1.97 bits per heavy atom. The molecule has 0 aliphatic rings. The van der Waals surface area contributed by atoms with Crippen molar-refractivity contribution < 1.29 is 44.1 Å². The zero-order valence-corrected chi connectivity index (χ0v) is 19.5. The van der Waals surface area contributed by atoms with E-state index in [0.29, 0.717) is 0 Å². The highest BCUT2D eigenvalue weighted by Gasteiger charge is 2.33. The quantitative estimate of drug-likeness (QED) is 0.121. The van der Waals surface area contributed by atoms with E-state index in [1.807, 2.05) is 5.32 Å². The molecule has 1 aromatic carbocycles. The summed E-state index contributed by atoms with van der Waals surface area (Å²) in [5.41, 5.74) is 11.8. The number of hydrogen-bond donors (Lipinski definition) is 8. The fraction of sp³-hybridized carbons (Fsp3) is 0.455. The molecule has 0 bridgehead atoms. The Bertz CT molecular complexity index is 954. The standard InChI is InChI=1S/C22H31N5O9/c1-11(28)18(21(34)25-14(22(35)36)7-8-17(30)31)27-20(33)15(10-16(24)29)26-19(32)13(23)9-12-5-3-2-4-6-12/h2-6,11,13-15,18,28H,7-10,23H2,1H3,(H2,24,29)(H,25,34)(H,26,32)(H,27,33)(H,30,31)(H,35,36). The SMILES string of the molecule is CC(O)C(NC(=O)C(CC(N)=O)NC(=O)C(N)Cc1ccccc1)C(=O)NC(CCC(=O)O)C(=O)O. The lowest BCUT2D eigenvalue weighted by Gasteiger charge is -2.26. The number of nitrogens with one attached hydrogen (secondary N) is 3. The van der Waals surface area contributed by atoms with E-state index in [4.69, 9.17) is 16.6 Å². The van der Waals surface area contributed by atoms with Crippen LogP contribution in [0.5, 0.6) is 0 Å². The maximum absolute atomic E-state index is 12.8. The monoisotopic (exact) mass is 509 g/mol. The third kappa shape index (κ3) is 10.5. The van der Waals surface area contributed by atoms with Crippen LogP contribution in [0, 0.1) is 0 Å². The van der Waals surface area contributed by atoms with Gasteiger partial charge in [-0.2, -0.15) is 0 Å². The first kappa shape index (κ1) is 30.0. The highest BCUT2D eigenvalue weighted by molar-refractivity contribution is 5.96. The van der Waals surface area contributed by atoms with Crippen LogP contribution in [0.25, 0.3) is 0 Å². The summed E-state index contributed by atoms with van der Waals surface area (Å²) in [5, 5.41) is 34.4. The Kier molecular flexibility index (Phi) is 12.0. The molecule has 0 aliphatic heterocycles. The Balaban J connectivity index is 2.92. The molecule has 14 heteroatoms. The van der Waals surface area contributed by atoms with Gasteiger partial charge in [0.1, 0.15) is 18.1 Å². The predicted octanol–water partition coefficient (Wildman–Crippen LogP) is -2.78. The Hall–Kier alpha value is -4.04. The largest absolute Gasteiger partial charge is 0.481 e. The second kappa shape index (κ2) is 14.4. The van der Waals surface area contributed by atoms with Crippen LogP contribution in [-0.2, 0) is 35.2 Å². The minimum atomic E-state index is -1.70. The average Bonchev–Trinajstić information content (AvgIpc) is 2.79. The second-order valence-electron chi connectivity index (χ2n) is 8.09. The second-order valence-corrected chi connectivity index (χ2v) is 8.09. The molecule has 0 radical (unpaired) electrons. The van der Waals surface area contributed by atoms with Gasteiger partial charge in [0.05, 0.1) is 18.6 Å². The molecule has 14 nitrogen and oxygen atoms in total.